The zero-order valence-electron chi connectivity index (χ0n) is 9.48. The molecule has 1 saturated carbocycles. The van der Waals surface area contributed by atoms with Crippen LogP contribution in [0.15, 0.2) is 0 Å². The van der Waals surface area contributed by atoms with Gasteiger partial charge in [0.25, 0.3) is 0 Å². The fraction of sp³-hybridized carbons (Fsp3) is 0.917. The van der Waals surface area contributed by atoms with Crippen LogP contribution in [0.2, 0.25) is 0 Å². The van der Waals surface area contributed by atoms with Crippen molar-refractivity contribution in [3.05, 3.63) is 0 Å². The van der Waals surface area contributed by atoms with E-state index in [2.05, 4.69) is 16.8 Å². The largest absolute Gasteiger partial charge is 0.338 e. The minimum Gasteiger partial charge on any atom is -0.338 e. The molecule has 4 aliphatic rings. The van der Waals surface area contributed by atoms with Crippen LogP contribution in [0.25, 0.3) is 0 Å². The first-order valence-corrected chi connectivity index (χ1v) is 6.23. The third-order valence-electron chi connectivity index (χ3n) is 4.11. The number of nitrogens with zero attached hydrogens (tertiary/aromatic N) is 2. The van der Waals surface area contributed by atoms with Gasteiger partial charge < -0.3 is 9.80 Å². The van der Waals surface area contributed by atoms with E-state index in [9.17, 15) is 4.79 Å². The molecule has 0 N–H and O–H groups in total. The molecule has 84 valence electrons. The van der Waals surface area contributed by atoms with Crippen LogP contribution in [-0.4, -0.2) is 48.4 Å². The minimum absolute atomic E-state index is 0.398. The van der Waals surface area contributed by atoms with Gasteiger partial charge in [-0.05, 0) is 38.6 Å². The van der Waals surface area contributed by atoms with E-state index in [1.54, 1.807) is 0 Å². The van der Waals surface area contributed by atoms with Crippen LogP contribution in [-0.2, 0) is 4.79 Å². The third-order valence-corrected chi connectivity index (χ3v) is 4.11. The fourth-order valence-corrected chi connectivity index (χ4v) is 3.15. The van der Waals surface area contributed by atoms with Crippen LogP contribution in [0.3, 0.4) is 0 Å². The lowest BCUT2D eigenvalue weighted by atomic mass is 9.94. The van der Waals surface area contributed by atoms with Crippen molar-refractivity contribution in [3.63, 3.8) is 0 Å². The second-order valence-electron chi connectivity index (χ2n) is 5.58. The van der Waals surface area contributed by atoms with E-state index in [1.165, 1.54) is 19.4 Å². The molecule has 1 amide bonds. The molecule has 3 nitrogen and oxygen atoms in total. The third kappa shape index (κ3) is 1.78. The number of amides is 1. The van der Waals surface area contributed by atoms with Gasteiger partial charge in [0.15, 0.2) is 0 Å². The topological polar surface area (TPSA) is 23.6 Å². The molecule has 0 aromatic carbocycles. The van der Waals surface area contributed by atoms with Gasteiger partial charge in [-0.25, -0.2) is 0 Å². The molecule has 0 aromatic heterocycles. The second-order valence-corrected chi connectivity index (χ2v) is 5.58. The monoisotopic (exact) mass is 208 g/mol. The molecule has 1 aliphatic carbocycles. The average Bonchev–Trinajstić information content (AvgIpc) is 3.02. The summed E-state index contributed by atoms with van der Waals surface area (Å²) in [5, 5.41) is 0. The van der Waals surface area contributed by atoms with E-state index >= 15 is 0 Å². The number of carbonyl (C=O) groups excluding carboxylic acids is 1. The Kier molecular flexibility index (Phi) is 2.23. The summed E-state index contributed by atoms with van der Waals surface area (Å²) >= 11 is 0. The summed E-state index contributed by atoms with van der Waals surface area (Å²) in [5.41, 5.74) is 0. The number of rotatable bonds is 1. The summed E-state index contributed by atoms with van der Waals surface area (Å²) in [6, 6.07) is 0.516. The maximum Gasteiger partial charge on any atom is 0.225 e. The molecular formula is C12H20N2O. The first kappa shape index (κ1) is 9.64. The van der Waals surface area contributed by atoms with Gasteiger partial charge in [-0.1, -0.05) is 0 Å². The maximum atomic E-state index is 12.1. The molecular weight excluding hydrogens is 188 g/mol. The Hall–Kier alpha value is -0.570. The normalized spacial score (nSPS) is 36.7. The van der Waals surface area contributed by atoms with Crippen molar-refractivity contribution in [2.45, 2.75) is 31.7 Å². The lowest BCUT2D eigenvalue weighted by Gasteiger charge is -2.36. The molecule has 4 rings (SSSR count). The van der Waals surface area contributed by atoms with Crippen LogP contribution in [0, 0.1) is 11.8 Å². The van der Waals surface area contributed by atoms with E-state index < -0.39 is 0 Å². The zero-order valence-corrected chi connectivity index (χ0v) is 9.48. The highest BCUT2D eigenvalue weighted by molar-refractivity contribution is 5.81. The van der Waals surface area contributed by atoms with Crippen molar-refractivity contribution in [2.75, 3.05) is 26.7 Å². The van der Waals surface area contributed by atoms with Crippen LogP contribution in [0.4, 0.5) is 0 Å². The van der Waals surface area contributed by atoms with Crippen LogP contribution >= 0.6 is 0 Å². The molecule has 3 heteroatoms. The molecule has 15 heavy (non-hydrogen) atoms. The van der Waals surface area contributed by atoms with Gasteiger partial charge in [0.05, 0.1) is 0 Å². The summed E-state index contributed by atoms with van der Waals surface area (Å²) in [7, 11) is 2.19. The van der Waals surface area contributed by atoms with Crippen molar-refractivity contribution >= 4 is 5.91 Å². The summed E-state index contributed by atoms with van der Waals surface area (Å²) < 4.78 is 0. The van der Waals surface area contributed by atoms with Crippen molar-refractivity contribution in [1.29, 1.82) is 0 Å². The van der Waals surface area contributed by atoms with Crippen LogP contribution < -0.4 is 0 Å². The Morgan fingerprint density at radius 1 is 1.07 bits per heavy atom. The molecule has 0 radical (unpaired) electrons. The number of piperidine rings is 1. The van der Waals surface area contributed by atoms with Gasteiger partial charge in [0.1, 0.15) is 0 Å². The van der Waals surface area contributed by atoms with E-state index in [0.717, 1.165) is 31.8 Å². The smallest absolute Gasteiger partial charge is 0.225 e. The highest BCUT2D eigenvalue weighted by atomic mass is 16.2. The highest BCUT2D eigenvalue weighted by Gasteiger charge is 2.41. The van der Waals surface area contributed by atoms with Crippen LogP contribution in [0.5, 0.6) is 0 Å². The Labute approximate surface area is 91.4 Å². The molecule has 0 spiro atoms. The predicted molar refractivity (Wildman–Crippen MR) is 58.4 cm³/mol. The molecule has 2 unspecified atom stereocenters. The Morgan fingerprint density at radius 3 is 2.60 bits per heavy atom. The Balaban J connectivity index is 1.76. The van der Waals surface area contributed by atoms with E-state index in [1.807, 2.05) is 0 Å². The first-order valence-electron chi connectivity index (χ1n) is 6.23. The van der Waals surface area contributed by atoms with Crippen LogP contribution in [0.1, 0.15) is 25.7 Å². The highest BCUT2D eigenvalue weighted by Crippen LogP contribution is 2.35. The van der Waals surface area contributed by atoms with Gasteiger partial charge in [-0.3, -0.25) is 4.79 Å². The van der Waals surface area contributed by atoms with Crippen molar-refractivity contribution in [1.82, 2.24) is 9.80 Å². The first-order chi connectivity index (χ1) is 7.24. The van der Waals surface area contributed by atoms with Gasteiger partial charge in [-0.15, -0.1) is 0 Å². The number of fused-ring (bicyclic) bond motifs is 4. The zero-order chi connectivity index (χ0) is 10.4. The summed E-state index contributed by atoms with van der Waals surface area (Å²) in [6.45, 7) is 3.31. The van der Waals surface area contributed by atoms with Gasteiger partial charge in [-0.2, -0.15) is 0 Å². The van der Waals surface area contributed by atoms with Gasteiger partial charge in [0.2, 0.25) is 5.91 Å². The maximum absolute atomic E-state index is 12.1. The van der Waals surface area contributed by atoms with Crippen molar-refractivity contribution < 1.29 is 4.79 Å². The molecule has 3 saturated heterocycles. The molecule has 2 atom stereocenters. The fourth-order valence-electron chi connectivity index (χ4n) is 3.15. The standard InChI is InChI=1S/C12H20N2O/c1-13-6-9-2-5-11(8-13)14(7-9)12(15)10-3-4-10/h9-11H,2-8H2,1H3. The summed E-state index contributed by atoms with van der Waals surface area (Å²) in [5.74, 6) is 1.59. The van der Waals surface area contributed by atoms with Crippen molar-refractivity contribution in [2.24, 2.45) is 11.8 Å². The molecule has 3 aliphatic heterocycles. The summed E-state index contributed by atoms with van der Waals surface area (Å²) in [4.78, 5) is 16.7. The quantitative estimate of drug-likeness (QED) is 0.640. The molecule has 0 aromatic rings. The molecule has 4 fully saturated rings. The average molecular weight is 208 g/mol. The van der Waals surface area contributed by atoms with Crippen molar-refractivity contribution in [3.8, 4) is 0 Å². The number of carbonyl (C=O) groups is 1. The van der Waals surface area contributed by atoms with E-state index in [-0.39, 0.29) is 0 Å². The molecule has 2 bridgehead atoms. The summed E-state index contributed by atoms with van der Waals surface area (Å²) in [6.07, 6.45) is 4.84. The SMILES string of the molecule is CN1CC2CCC(C1)N(C(=O)C1CC1)C2. The van der Waals surface area contributed by atoms with E-state index in [4.69, 9.17) is 0 Å². The Morgan fingerprint density at radius 2 is 1.87 bits per heavy atom. The van der Waals surface area contributed by atoms with E-state index in [0.29, 0.717) is 17.9 Å². The number of hydrogen-bond acceptors (Lipinski definition) is 2. The number of likely N-dealkylation sites (N-methyl/N-ethyl adjacent to an activating group) is 1. The van der Waals surface area contributed by atoms with Gasteiger partial charge >= 0.3 is 0 Å². The van der Waals surface area contributed by atoms with Gasteiger partial charge in [0, 0.05) is 31.6 Å². The predicted octanol–water partition coefficient (Wildman–Crippen LogP) is 0.949. The molecule has 3 heterocycles. The lowest BCUT2D eigenvalue weighted by molar-refractivity contribution is -0.136. The number of hydrogen-bond donors (Lipinski definition) is 0. The second kappa shape index (κ2) is 3.48. The lowest BCUT2D eigenvalue weighted by Crippen LogP contribution is -2.47. The Bertz CT molecular complexity index is 275. The minimum atomic E-state index is 0.398.